The topological polar surface area (TPSA) is 137 Å². The highest BCUT2D eigenvalue weighted by Gasteiger charge is 2.56. The zero-order valence-electron chi connectivity index (χ0n) is 20.7. The lowest BCUT2D eigenvalue weighted by atomic mass is 9.68. The van der Waals surface area contributed by atoms with Crippen LogP contribution in [0.2, 0.25) is 0 Å². The van der Waals surface area contributed by atoms with Gasteiger partial charge in [0.25, 0.3) is 0 Å². The minimum Gasteiger partial charge on any atom is -0.508 e. The molecule has 0 unspecified atom stereocenters. The Morgan fingerprint density at radius 3 is 2.54 bits per heavy atom. The van der Waals surface area contributed by atoms with E-state index in [1.807, 2.05) is 24.3 Å². The van der Waals surface area contributed by atoms with Crippen LogP contribution in [0.25, 0.3) is 11.6 Å². The number of fused-ring (bicyclic) bond motifs is 1. The van der Waals surface area contributed by atoms with Crippen molar-refractivity contribution in [2.45, 2.75) is 32.3 Å². The highest BCUT2D eigenvalue weighted by molar-refractivity contribution is 6.16. The van der Waals surface area contributed by atoms with E-state index in [1.54, 1.807) is 37.4 Å². The third-order valence-electron chi connectivity index (χ3n) is 7.16. The number of nitrogens with zero attached hydrogens (tertiary/aromatic N) is 2. The number of rotatable bonds is 7. The molecule has 0 saturated carbocycles. The summed E-state index contributed by atoms with van der Waals surface area (Å²) in [5.74, 6) is -3.70. The number of ether oxygens (including phenoxy) is 1. The van der Waals surface area contributed by atoms with Crippen molar-refractivity contribution in [2.24, 2.45) is 17.8 Å². The van der Waals surface area contributed by atoms with Crippen molar-refractivity contribution in [2.75, 3.05) is 13.7 Å². The molecule has 3 N–H and O–H groups in total. The van der Waals surface area contributed by atoms with E-state index in [-0.39, 0.29) is 18.6 Å². The molecule has 2 aliphatic rings. The fourth-order valence-electron chi connectivity index (χ4n) is 5.43. The molecule has 0 spiro atoms. The highest BCUT2D eigenvalue weighted by Crippen LogP contribution is 2.46. The van der Waals surface area contributed by atoms with Gasteiger partial charge < -0.3 is 20.1 Å². The van der Waals surface area contributed by atoms with Gasteiger partial charge in [-0.1, -0.05) is 23.8 Å². The number of likely N-dealkylation sites (tertiary alicyclic amines) is 1. The molecule has 4 atom stereocenters. The van der Waals surface area contributed by atoms with Gasteiger partial charge in [-0.05, 0) is 73.2 Å². The number of pyridine rings is 1. The van der Waals surface area contributed by atoms with E-state index < -0.39 is 48.4 Å². The maximum atomic E-state index is 13.0. The molecule has 1 aromatic heterocycles. The number of benzene rings is 1. The second-order valence-electron chi connectivity index (χ2n) is 9.37. The van der Waals surface area contributed by atoms with Crippen molar-refractivity contribution in [3.05, 3.63) is 71.1 Å². The molecule has 1 fully saturated rings. The second-order valence-corrected chi connectivity index (χ2v) is 9.37. The lowest BCUT2D eigenvalue weighted by molar-refractivity contribution is -0.137. The summed E-state index contributed by atoms with van der Waals surface area (Å²) in [6, 6.07) is 12.3. The number of hydrogen-bond donors (Lipinski definition) is 3. The van der Waals surface area contributed by atoms with Gasteiger partial charge in [0.05, 0.1) is 37.4 Å². The van der Waals surface area contributed by atoms with Gasteiger partial charge in [-0.2, -0.15) is 4.90 Å². The number of imide groups is 3. The Balaban J connectivity index is 1.59. The number of aliphatic hydroxyl groups is 2. The lowest BCUT2D eigenvalue weighted by Crippen LogP contribution is -2.39. The van der Waals surface area contributed by atoms with Crippen LogP contribution in [-0.4, -0.2) is 62.9 Å². The van der Waals surface area contributed by atoms with Crippen molar-refractivity contribution in [3.63, 3.8) is 0 Å². The molecule has 9 heteroatoms. The van der Waals surface area contributed by atoms with Crippen LogP contribution in [-0.2, 0) is 14.3 Å². The summed E-state index contributed by atoms with van der Waals surface area (Å²) in [6.45, 7) is 1.33. The van der Waals surface area contributed by atoms with Gasteiger partial charge in [-0.15, -0.1) is 0 Å². The summed E-state index contributed by atoms with van der Waals surface area (Å²) >= 11 is 0. The Morgan fingerprint density at radius 2 is 1.92 bits per heavy atom. The molecule has 194 valence electrons. The molecule has 3 amide bonds. The smallest absolute Gasteiger partial charge is 0.423 e. The normalized spacial score (nSPS) is 22.8. The van der Waals surface area contributed by atoms with Crippen LogP contribution in [0.5, 0.6) is 5.75 Å². The average Bonchev–Trinajstić information content (AvgIpc) is 3.15. The first-order valence-corrected chi connectivity index (χ1v) is 12.1. The number of aliphatic hydroxyl groups excluding tert-OH is 2. The number of allylic oxidation sites excluding steroid dienone is 2. The summed E-state index contributed by atoms with van der Waals surface area (Å²) in [7, 11) is 1.10. The molecular formula is C28H30N2O7. The standard InChI is InChI=1S/C28H30N2O7/c1-16-13-20-25(27(35)30(26(20)34)28(36)37-2)21(15-31)24(16)23(33)11-8-18(22-5-3-4-12-29-22)14-17-6-9-19(32)10-7-17/h3-7,9-10,12,14,20-21,23,25,31-33H,8,11,13,15H2,1-2H3/b18-14-/t20-,21+,23-,25-/m1/s1. The van der Waals surface area contributed by atoms with Gasteiger partial charge >= 0.3 is 6.09 Å². The van der Waals surface area contributed by atoms with Crippen LogP contribution >= 0.6 is 0 Å². The first kappa shape index (κ1) is 26.2. The van der Waals surface area contributed by atoms with Crippen LogP contribution < -0.4 is 0 Å². The summed E-state index contributed by atoms with van der Waals surface area (Å²) in [5, 5.41) is 31.1. The Kier molecular flexibility index (Phi) is 7.85. The quantitative estimate of drug-likeness (QED) is 0.385. The number of aromatic nitrogens is 1. The van der Waals surface area contributed by atoms with Gasteiger partial charge in [0.2, 0.25) is 11.8 Å². The number of phenols is 1. The van der Waals surface area contributed by atoms with Crippen molar-refractivity contribution in [1.82, 2.24) is 9.88 Å². The fraction of sp³-hybridized carbons (Fsp3) is 0.357. The monoisotopic (exact) mass is 506 g/mol. The van der Waals surface area contributed by atoms with E-state index in [2.05, 4.69) is 9.72 Å². The van der Waals surface area contributed by atoms with Crippen LogP contribution in [0.4, 0.5) is 4.79 Å². The van der Waals surface area contributed by atoms with Gasteiger partial charge in [-0.3, -0.25) is 14.6 Å². The highest BCUT2D eigenvalue weighted by atomic mass is 16.5. The average molecular weight is 507 g/mol. The van der Waals surface area contributed by atoms with Crippen molar-refractivity contribution in [3.8, 4) is 5.75 Å². The van der Waals surface area contributed by atoms with E-state index in [1.165, 1.54) is 0 Å². The zero-order chi connectivity index (χ0) is 26.7. The first-order chi connectivity index (χ1) is 17.8. The Labute approximate surface area is 214 Å². The van der Waals surface area contributed by atoms with Crippen LogP contribution in [0.3, 0.4) is 0 Å². The van der Waals surface area contributed by atoms with Crippen molar-refractivity contribution >= 4 is 29.6 Å². The molecular weight excluding hydrogens is 476 g/mol. The summed E-state index contributed by atoms with van der Waals surface area (Å²) < 4.78 is 4.61. The van der Waals surface area contributed by atoms with Gasteiger partial charge in [0.15, 0.2) is 0 Å². The summed E-state index contributed by atoms with van der Waals surface area (Å²) in [5.41, 5.74) is 3.71. The van der Waals surface area contributed by atoms with E-state index in [9.17, 15) is 29.7 Å². The summed E-state index contributed by atoms with van der Waals surface area (Å²) in [6.07, 6.45) is 2.51. The van der Waals surface area contributed by atoms with Crippen molar-refractivity contribution < 1.29 is 34.4 Å². The number of aromatic hydroxyl groups is 1. The van der Waals surface area contributed by atoms with E-state index >= 15 is 0 Å². The number of carbonyl (C=O) groups excluding carboxylic acids is 3. The number of phenolic OH excluding ortho intramolecular Hbond substituents is 1. The van der Waals surface area contributed by atoms with Gasteiger partial charge in [0, 0.05) is 12.1 Å². The lowest BCUT2D eigenvalue weighted by Gasteiger charge is -2.35. The first-order valence-electron chi connectivity index (χ1n) is 12.1. The second kappa shape index (κ2) is 11.1. The minimum atomic E-state index is -1.04. The molecule has 37 heavy (non-hydrogen) atoms. The van der Waals surface area contributed by atoms with Crippen LogP contribution in [0.1, 0.15) is 37.4 Å². The number of carbonyl (C=O) groups is 3. The predicted octanol–water partition coefficient (Wildman–Crippen LogP) is 3.17. The van der Waals surface area contributed by atoms with Crippen LogP contribution in [0, 0.1) is 17.8 Å². The third-order valence-corrected chi connectivity index (χ3v) is 7.16. The number of methoxy groups -OCH3 is 1. The van der Waals surface area contributed by atoms with Crippen molar-refractivity contribution in [1.29, 1.82) is 0 Å². The molecule has 4 rings (SSSR count). The SMILES string of the molecule is COC(=O)N1C(=O)[C@@H]2[C@@H](CC(C)=C([C@H](O)CC/C(=C/c3ccc(O)cc3)c3ccccn3)[C@@H]2CO)C1=O. The minimum absolute atomic E-state index is 0.158. The maximum Gasteiger partial charge on any atom is 0.423 e. The summed E-state index contributed by atoms with van der Waals surface area (Å²) in [4.78, 5) is 42.9. The van der Waals surface area contributed by atoms with E-state index in [0.29, 0.717) is 16.9 Å². The molecule has 9 nitrogen and oxygen atoms in total. The Hall–Kier alpha value is -3.82. The zero-order valence-corrected chi connectivity index (χ0v) is 20.7. The number of amides is 3. The molecule has 1 saturated heterocycles. The third kappa shape index (κ3) is 5.19. The molecule has 1 aromatic carbocycles. The number of hydrogen-bond acceptors (Lipinski definition) is 8. The Morgan fingerprint density at radius 1 is 1.19 bits per heavy atom. The fourth-order valence-corrected chi connectivity index (χ4v) is 5.43. The predicted molar refractivity (Wildman–Crippen MR) is 135 cm³/mol. The molecule has 1 aliphatic carbocycles. The maximum absolute atomic E-state index is 13.0. The van der Waals surface area contributed by atoms with E-state index in [0.717, 1.165) is 29.5 Å². The molecule has 1 aliphatic heterocycles. The van der Waals surface area contributed by atoms with Gasteiger partial charge in [-0.25, -0.2) is 4.79 Å². The molecule has 2 aromatic rings. The largest absolute Gasteiger partial charge is 0.508 e. The van der Waals surface area contributed by atoms with Crippen LogP contribution in [0.15, 0.2) is 59.8 Å². The molecule has 0 radical (unpaired) electrons. The van der Waals surface area contributed by atoms with Gasteiger partial charge in [0.1, 0.15) is 5.75 Å². The molecule has 2 heterocycles. The van der Waals surface area contributed by atoms with E-state index in [4.69, 9.17) is 0 Å². The molecule has 0 bridgehead atoms. The Bertz CT molecular complexity index is 1240.